The normalized spacial score (nSPS) is 15.9. The number of carbonyl (C=O) groups is 3. The van der Waals surface area contributed by atoms with Gasteiger partial charge in [0.2, 0.25) is 17.7 Å². The minimum absolute atomic E-state index is 0.0145. The number of hydrogen-bond acceptors (Lipinski definition) is 3. The van der Waals surface area contributed by atoms with Crippen LogP contribution in [0.25, 0.3) is 0 Å². The van der Waals surface area contributed by atoms with E-state index >= 15 is 0 Å². The summed E-state index contributed by atoms with van der Waals surface area (Å²) in [6.07, 6.45) is 4.03. The molecule has 0 radical (unpaired) electrons. The molecule has 0 aromatic carbocycles. The van der Waals surface area contributed by atoms with Crippen LogP contribution in [0.4, 0.5) is 0 Å². The Kier molecular flexibility index (Phi) is 6.84. The number of piperidine rings is 1. The van der Waals surface area contributed by atoms with Crippen molar-refractivity contribution >= 4 is 17.7 Å². The molecule has 0 aromatic rings. The number of likely N-dealkylation sites (tertiary alicyclic amines) is 1. The molecule has 22 heavy (non-hydrogen) atoms. The molecule has 0 atom stereocenters. The van der Waals surface area contributed by atoms with Crippen molar-refractivity contribution < 1.29 is 14.4 Å². The number of nitrogens with one attached hydrogen (secondary N) is 2. The smallest absolute Gasteiger partial charge is 0.245 e. The molecule has 6 nitrogen and oxygen atoms in total. The van der Waals surface area contributed by atoms with Crippen LogP contribution in [0.5, 0.6) is 0 Å². The molecule has 6 heteroatoms. The van der Waals surface area contributed by atoms with Gasteiger partial charge < -0.3 is 15.5 Å². The lowest BCUT2D eigenvalue weighted by Gasteiger charge is -2.30. The van der Waals surface area contributed by atoms with Crippen LogP contribution in [0.1, 0.15) is 59.8 Å². The Balaban J connectivity index is 2.53. The lowest BCUT2D eigenvalue weighted by molar-refractivity contribution is -0.139. The summed E-state index contributed by atoms with van der Waals surface area (Å²) in [6, 6.07) is 0.118. The van der Waals surface area contributed by atoms with Gasteiger partial charge in [-0.1, -0.05) is 13.8 Å². The highest BCUT2D eigenvalue weighted by molar-refractivity contribution is 5.92. The standard InChI is InChI=1S/C16H29N3O3/c1-5-12(6-2)17-15(22)16(3,4)18-13(20)11-19-10-8-7-9-14(19)21/h12H,5-11H2,1-4H3,(H,17,22)(H,18,20). The summed E-state index contributed by atoms with van der Waals surface area (Å²) in [4.78, 5) is 37.7. The fourth-order valence-corrected chi connectivity index (χ4v) is 2.51. The highest BCUT2D eigenvalue weighted by Crippen LogP contribution is 2.11. The Morgan fingerprint density at radius 1 is 1.23 bits per heavy atom. The van der Waals surface area contributed by atoms with Gasteiger partial charge >= 0.3 is 0 Å². The van der Waals surface area contributed by atoms with Crippen LogP contribution in [0, 0.1) is 0 Å². The van der Waals surface area contributed by atoms with Crippen molar-refractivity contribution in [2.75, 3.05) is 13.1 Å². The van der Waals surface area contributed by atoms with Crippen molar-refractivity contribution in [1.29, 1.82) is 0 Å². The molecule has 0 unspecified atom stereocenters. The topological polar surface area (TPSA) is 78.5 Å². The Bertz CT molecular complexity index is 417. The molecule has 1 aliphatic heterocycles. The Labute approximate surface area is 133 Å². The Hall–Kier alpha value is -1.59. The van der Waals surface area contributed by atoms with Gasteiger partial charge in [0.05, 0.1) is 6.54 Å². The minimum atomic E-state index is -0.988. The molecule has 2 N–H and O–H groups in total. The van der Waals surface area contributed by atoms with Crippen LogP contribution in [0.15, 0.2) is 0 Å². The lowest BCUT2D eigenvalue weighted by atomic mass is 10.0. The van der Waals surface area contributed by atoms with Crippen molar-refractivity contribution in [3.63, 3.8) is 0 Å². The average Bonchev–Trinajstić information content (AvgIpc) is 2.46. The maximum atomic E-state index is 12.3. The number of carbonyl (C=O) groups excluding carboxylic acids is 3. The molecule has 0 aliphatic carbocycles. The van der Waals surface area contributed by atoms with Crippen LogP contribution in [-0.4, -0.2) is 47.3 Å². The van der Waals surface area contributed by atoms with Crippen molar-refractivity contribution in [2.24, 2.45) is 0 Å². The summed E-state index contributed by atoms with van der Waals surface area (Å²) >= 11 is 0. The van der Waals surface area contributed by atoms with Gasteiger partial charge in [0.15, 0.2) is 0 Å². The molecule has 1 aliphatic rings. The minimum Gasteiger partial charge on any atom is -0.351 e. The third-order valence-electron chi connectivity index (χ3n) is 4.10. The molecule has 0 bridgehead atoms. The van der Waals surface area contributed by atoms with Gasteiger partial charge in [-0.05, 0) is 39.5 Å². The van der Waals surface area contributed by atoms with Gasteiger partial charge in [0.1, 0.15) is 5.54 Å². The summed E-state index contributed by atoms with van der Waals surface area (Å²) in [5.74, 6) is -0.472. The van der Waals surface area contributed by atoms with Crippen LogP contribution >= 0.6 is 0 Å². The molecule has 0 aromatic heterocycles. The van der Waals surface area contributed by atoms with Gasteiger partial charge in [0, 0.05) is 19.0 Å². The second-order valence-electron chi connectivity index (χ2n) is 6.43. The molecule has 1 fully saturated rings. The zero-order valence-corrected chi connectivity index (χ0v) is 14.2. The van der Waals surface area contributed by atoms with Gasteiger partial charge in [0.25, 0.3) is 0 Å². The van der Waals surface area contributed by atoms with Crippen molar-refractivity contribution in [2.45, 2.75) is 71.4 Å². The van der Waals surface area contributed by atoms with E-state index in [0.717, 1.165) is 25.7 Å². The molecule has 1 saturated heterocycles. The fraction of sp³-hybridized carbons (Fsp3) is 0.812. The molecule has 3 amide bonds. The first-order valence-electron chi connectivity index (χ1n) is 8.19. The van der Waals surface area contributed by atoms with Crippen LogP contribution in [0.3, 0.4) is 0 Å². The summed E-state index contributed by atoms with van der Waals surface area (Å²) in [5, 5.41) is 5.67. The van der Waals surface area contributed by atoms with Crippen molar-refractivity contribution in [1.82, 2.24) is 15.5 Å². The van der Waals surface area contributed by atoms with E-state index in [1.807, 2.05) is 13.8 Å². The first-order chi connectivity index (χ1) is 10.3. The maximum absolute atomic E-state index is 12.3. The molecule has 0 spiro atoms. The lowest BCUT2D eigenvalue weighted by Crippen LogP contribution is -2.58. The van der Waals surface area contributed by atoms with E-state index in [1.165, 1.54) is 0 Å². The van der Waals surface area contributed by atoms with Crippen LogP contribution in [-0.2, 0) is 14.4 Å². The van der Waals surface area contributed by atoms with Crippen LogP contribution in [0.2, 0.25) is 0 Å². The third kappa shape index (κ3) is 5.31. The quantitative estimate of drug-likeness (QED) is 0.741. The maximum Gasteiger partial charge on any atom is 0.245 e. The van der Waals surface area contributed by atoms with Gasteiger partial charge in [-0.15, -0.1) is 0 Å². The first-order valence-corrected chi connectivity index (χ1v) is 8.19. The monoisotopic (exact) mass is 311 g/mol. The highest BCUT2D eigenvalue weighted by atomic mass is 16.2. The second kappa shape index (κ2) is 8.15. The van der Waals surface area contributed by atoms with E-state index in [1.54, 1.807) is 18.7 Å². The van der Waals surface area contributed by atoms with E-state index in [4.69, 9.17) is 0 Å². The largest absolute Gasteiger partial charge is 0.351 e. The molecular weight excluding hydrogens is 282 g/mol. The van der Waals surface area contributed by atoms with E-state index in [2.05, 4.69) is 10.6 Å². The van der Waals surface area contributed by atoms with Gasteiger partial charge in [-0.3, -0.25) is 14.4 Å². The summed E-state index contributed by atoms with van der Waals surface area (Å²) < 4.78 is 0. The fourth-order valence-electron chi connectivity index (χ4n) is 2.51. The van der Waals surface area contributed by atoms with E-state index in [9.17, 15) is 14.4 Å². The average molecular weight is 311 g/mol. The molecular formula is C16H29N3O3. The number of rotatable bonds is 7. The van der Waals surface area contributed by atoms with E-state index in [-0.39, 0.29) is 30.3 Å². The summed E-state index contributed by atoms with van der Waals surface area (Å²) in [7, 11) is 0. The molecule has 126 valence electrons. The van der Waals surface area contributed by atoms with Crippen molar-refractivity contribution in [3.8, 4) is 0 Å². The van der Waals surface area contributed by atoms with Gasteiger partial charge in [-0.25, -0.2) is 0 Å². The van der Waals surface area contributed by atoms with Gasteiger partial charge in [-0.2, -0.15) is 0 Å². The zero-order valence-electron chi connectivity index (χ0n) is 14.2. The predicted molar refractivity (Wildman–Crippen MR) is 85.2 cm³/mol. The number of hydrogen-bond donors (Lipinski definition) is 2. The SMILES string of the molecule is CCC(CC)NC(=O)C(C)(C)NC(=O)CN1CCCCC1=O. The second-order valence-corrected chi connectivity index (χ2v) is 6.43. The molecule has 1 rings (SSSR count). The summed E-state index contributed by atoms with van der Waals surface area (Å²) in [6.45, 7) is 8.04. The van der Waals surface area contributed by atoms with E-state index < -0.39 is 5.54 Å². The number of nitrogens with zero attached hydrogens (tertiary/aromatic N) is 1. The predicted octanol–water partition coefficient (Wildman–Crippen LogP) is 1.20. The molecule has 0 saturated carbocycles. The number of amides is 3. The molecule has 1 heterocycles. The summed E-state index contributed by atoms with van der Waals surface area (Å²) in [5.41, 5.74) is -0.988. The Morgan fingerprint density at radius 3 is 2.41 bits per heavy atom. The highest BCUT2D eigenvalue weighted by Gasteiger charge is 2.31. The first kappa shape index (κ1) is 18.5. The zero-order chi connectivity index (χ0) is 16.8. The third-order valence-corrected chi connectivity index (χ3v) is 4.10. The van der Waals surface area contributed by atoms with Crippen LogP contribution < -0.4 is 10.6 Å². The van der Waals surface area contributed by atoms with E-state index in [0.29, 0.717) is 13.0 Å². The Morgan fingerprint density at radius 2 is 1.86 bits per heavy atom. The van der Waals surface area contributed by atoms with Crippen molar-refractivity contribution in [3.05, 3.63) is 0 Å².